The molecular weight excluding hydrogens is 254 g/mol. The monoisotopic (exact) mass is 279 g/mol. The highest BCUT2D eigenvalue weighted by atomic mass is 16.5. The van der Waals surface area contributed by atoms with Gasteiger partial charge in [-0.3, -0.25) is 9.48 Å². The first-order valence-corrected chi connectivity index (χ1v) is 7.46. The minimum atomic E-state index is -0.0429. The van der Waals surface area contributed by atoms with Crippen molar-refractivity contribution in [3.63, 3.8) is 0 Å². The molecule has 1 aromatic heterocycles. The number of esters is 1. The Balaban J connectivity index is 2.01. The van der Waals surface area contributed by atoms with Crippen LogP contribution in [0.3, 0.4) is 0 Å². The molecule has 0 aliphatic heterocycles. The zero-order valence-electron chi connectivity index (χ0n) is 12.9. The van der Waals surface area contributed by atoms with Gasteiger partial charge in [0.2, 0.25) is 0 Å². The second-order valence-corrected chi connectivity index (χ2v) is 5.63. The van der Waals surface area contributed by atoms with Crippen molar-refractivity contribution in [3.05, 3.63) is 11.4 Å². The van der Waals surface area contributed by atoms with Crippen molar-refractivity contribution in [1.29, 1.82) is 0 Å². The number of carbonyl (C=O) groups is 1. The van der Waals surface area contributed by atoms with Crippen LogP contribution < -0.4 is 5.32 Å². The summed E-state index contributed by atoms with van der Waals surface area (Å²) in [5.74, 6) is -0.00267. The van der Waals surface area contributed by atoms with E-state index in [1.54, 1.807) is 0 Å². The minimum absolute atomic E-state index is 0.0403. The summed E-state index contributed by atoms with van der Waals surface area (Å²) in [5, 5.41) is 8.00. The number of aryl methyl sites for hydroxylation is 2. The molecule has 20 heavy (non-hydrogen) atoms. The van der Waals surface area contributed by atoms with E-state index < -0.39 is 0 Å². The van der Waals surface area contributed by atoms with Crippen molar-refractivity contribution < 1.29 is 9.53 Å². The zero-order chi connectivity index (χ0) is 14.7. The van der Waals surface area contributed by atoms with Crippen LogP contribution >= 0.6 is 0 Å². The number of aromatic nitrogens is 2. The van der Waals surface area contributed by atoms with E-state index in [4.69, 9.17) is 4.74 Å². The minimum Gasteiger partial charge on any atom is -0.466 e. The molecule has 1 saturated carbocycles. The van der Waals surface area contributed by atoms with Crippen LogP contribution in [-0.2, 0) is 16.6 Å². The average molecular weight is 279 g/mol. The van der Waals surface area contributed by atoms with E-state index in [-0.39, 0.29) is 11.9 Å². The Morgan fingerprint density at radius 3 is 2.80 bits per heavy atom. The summed E-state index contributed by atoms with van der Waals surface area (Å²) >= 11 is 0. The van der Waals surface area contributed by atoms with Crippen LogP contribution in [0.2, 0.25) is 0 Å². The lowest BCUT2D eigenvalue weighted by Crippen LogP contribution is -2.32. The Bertz CT molecular complexity index is 482. The first-order chi connectivity index (χ1) is 9.52. The summed E-state index contributed by atoms with van der Waals surface area (Å²) in [5.41, 5.74) is 3.27. The quantitative estimate of drug-likeness (QED) is 0.861. The van der Waals surface area contributed by atoms with Crippen molar-refractivity contribution in [2.75, 3.05) is 11.9 Å². The third kappa shape index (κ3) is 3.14. The Labute approximate surface area is 120 Å². The molecule has 1 N–H and O–H groups in total. The highest BCUT2D eigenvalue weighted by molar-refractivity contribution is 5.72. The molecular formula is C15H25N3O2. The van der Waals surface area contributed by atoms with E-state index in [0.29, 0.717) is 12.6 Å². The second-order valence-electron chi connectivity index (χ2n) is 5.63. The summed E-state index contributed by atoms with van der Waals surface area (Å²) in [7, 11) is 1.95. The molecule has 0 radical (unpaired) electrons. The Morgan fingerprint density at radius 2 is 2.20 bits per heavy atom. The molecule has 2 rings (SSSR count). The van der Waals surface area contributed by atoms with E-state index in [0.717, 1.165) is 42.8 Å². The highest BCUT2D eigenvalue weighted by Gasteiger charge is 2.29. The van der Waals surface area contributed by atoms with Crippen molar-refractivity contribution in [2.45, 2.75) is 52.5 Å². The third-order valence-electron chi connectivity index (χ3n) is 4.15. The number of anilines is 1. The number of nitrogens with one attached hydrogen (secondary N) is 1. The zero-order valence-corrected chi connectivity index (χ0v) is 12.9. The van der Waals surface area contributed by atoms with Gasteiger partial charge in [-0.15, -0.1) is 0 Å². The lowest BCUT2D eigenvalue weighted by Gasteiger charge is -2.29. The molecule has 0 amide bonds. The van der Waals surface area contributed by atoms with E-state index in [1.165, 1.54) is 0 Å². The molecule has 5 nitrogen and oxygen atoms in total. The van der Waals surface area contributed by atoms with Crippen LogP contribution in [0.4, 0.5) is 5.69 Å². The Morgan fingerprint density at radius 1 is 1.45 bits per heavy atom. The van der Waals surface area contributed by atoms with Crippen LogP contribution in [0.25, 0.3) is 0 Å². The fraction of sp³-hybridized carbons (Fsp3) is 0.733. The van der Waals surface area contributed by atoms with Crippen molar-refractivity contribution in [2.24, 2.45) is 13.0 Å². The topological polar surface area (TPSA) is 56.1 Å². The molecule has 112 valence electrons. The van der Waals surface area contributed by atoms with Crippen LogP contribution in [0, 0.1) is 19.8 Å². The highest BCUT2D eigenvalue weighted by Crippen LogP contribution is 2.29. The molecule has 1 aliphatic rings. The Kier molecular flexibility index (Phi) is 4.68. The van der Waals surface area contributed by atoms with Gasteiger partial charge in [-0.2, -0.15) is 5.10 Å². The molecule has 0 bridgehead atoms. The van der Waals surface area contributed by atoms with Crippen molar-refractivity contribution in [1.82, 2.24) is 9.78 Å². The lowest BCUT2D eigenvalue weighted by atomic mass is 9.85. The van der Waals surface area contributed by atoms with Gasteiger partial charge in [0.05, 0.1) is 29.6 Å². The van der Waals surface area contributed by atoms with E-state index in [2.05, 4.69) is 17.3 Å². The number of rotatable bonds is 4. The van der Waals surface area contributed by atoms with E-state index >= 15 is 0 Å². The summed E-state index contributed by atoms with van der Waals surface area (Å²) in [6.07, 6.45) is 3.97. The molecule has 0 spiro atoms. The SMILES string of the molecule is CCOC(=O)C1CCCC(Nc2c(C)nn(C)c2C)C1. The van der Waals surface area contributed by atoms with Crippen molar-refractivity contribution >= 4 is 11.7 Å². The van der Waals surface area contributed by atoms with Crippen molar-refractivity contribution in [3.8, 4) is 0 Å². The largest absolute Gasteiger partial charge is 0.466 e. The van der Waals surface area contributed by atoms with Gasteiger partial charge in [-0.05, 0) is 40.0 Å². The molecule has 1 fully saturated rings. The van der Waals surface area contributed by atoms with Gasteiger partial charge in [-0.1, -0.05) is 6.42 Å². The lowest BCUT2D eigenvalue weighted by molar-refractivity contribution is -0.149. The first-order valence-electron chi connectivity index (χ1n) is 7.46. The van der Waals surface area contributed by atoms with Gasteiger partial charge in [0.25, 0.3) is 0 Å². The maximum absolute atomic E-state index is 11.9. The molecule has 1 aromatic rings. The van der Waals surface area contributed by atoms with E-state index in [1.807, 2.05) is 25.6 Å². The third-order valence-corrected chi connectivity index (χ3v) is 4.15. The summed E-state index contributed by atoms with van der Waals surface area (Å²) in [6.45, 7) is 6.40. The maximum atomic E-state index is 11.9. The standard InChI is InChI=1S/C15H25N3O2/c1-5-20-15(19)12-7-6-8-13(9-12)16-14-10(2)17-18(4)11(14)3/h12-13,16H,5-9H2,1-4H3. The van der Waals surface area contributed by atoms with Crippen LogP contribution in [-0.4, -0.2) is 28.4 Å². The van der Waals surface area contributed by atoms with Gasteiger partial charge in [-0.25, -0.2) is 0 Å². The number of nitrogens with zero attached hydrogens (tertiary/aromatic N) is 2. The smallest absolute Gasteiger partial charge is 0.308 e. The average Bonchev–Trinajstić information content (AvgIpc) is 2.66. The van der Waals surface area contributed by atoms with Crippen LogP contribution in [0.1, 0.15) is 44.0 Å². The number of carbonyl (C=O) groups excluding carboxylic acids is 1. The predicted molar refractivity (Wildman–Crippen MR) is 78.7 cm³/mol. The van der Waals surface area contributed by atoms with Crippen LogP contribution in [0.15, 0.2) is 0 Å². The number of hydrogen-bond acceptors (Lipinski definition) is 4. The Hall–Kier alpha value is -1.52. The van der Waals surface area contributed by atoms with Gasteiger partial charge >= 0.3 is 5.97 Å². The number of hydrogen-bond donors (Lipinski definition) is 1. The first kappa shape index (κ1) is 14.9. The van der Waals surface area contributed by atoms with Crippen LogP contribution in [0.5, 0.6) is 0 Å². The summed E-state index contributed by atoms with van der Waals surface area (Å²) < 4.78 is 7.04. The second kappa shape index (κ2) is 6.29. The fourth-order valence-electron chi connectivity index (χ4n) is 2.98. The van der Waals surface area contributed by atoms with Gasteiger partial charge in [0.1, 0.15) is 0 Å². The summed E-state index contributed by atoms with van der Waals surface area (Å²) in [6, 6.07) is 0.333. The fourth-order valence-corrected chi connectivity index (χ4v) is 2.98. The van der Waals surface area contributed by atoms with E-state index in [9.17, 15) is 4.79 Å². The predicted octanol–water partition coefficient (Wildman–Crippen LogP) is 2.57. The molecule has 2 atom stereocenters. The molecule has 0 aromatic carbocycles. The van der Waals surface area contributed by atoms with Gasteiger partial charge in [0, 0.05) is 13.1 Å². The molecule has 1 heterocycles. The number of ether oxygens (including phenoxy) is 1. The van der Waals surface area contributed by atoms with Gasteiger partial charge < -0.3 is 10.1 Å². The molecule has 2 unspecified atom stereocenters. The maximum Gasteiger partial charge on any atom is 0.308 e. The molecule has 5 heteroatoms. The summed E-state index contributed by atoms with van der Waals surface area (Å²) in [4.78, 5) is 11.9. The molecule has 0 saturated heterocycles. The van der Waals surface area contributed by atoms with Gasteiger partial charge in [0.15, 0.2) is 0 Å². The normalized spacial score (nSPS) is 22.6. The molecule has 1 aliphatic carbocycles.